The predicted octanol–water partition coefficient (Wildman–Crippen LogP) is 8.48. The Balaban J connectivity index is 1.47. The van der Waals surface area contributed by atoms with E-state index in [1.807, 2.05) is 44.3 Å². The Labute approximate surface area is 233 Å². The number of H-pyrrole nitrogens is 2. The molecule has 0 bridgehead atoms. The van der Waals surface area contributed by atoms with E-state index in [1.165, 1.54) is 11.1 Å². The third kappa shape index (κ3) is 5.66. The zero-order valence-corrected chi connectivity index (χ0v) is 23.1. The van der Waals surface area contributed by atoms with E-state index >= 15 is 0 Å². The van der Waals surface area contributed by atoms with Crippen molar-refractivity contribution in [2.75, 3.05) is 0 Å². The average molecular weight is 530 g/mol. The molecule has 0 unspecified atom stereocenters. The van der Waals surface area contributed by atoms with Gasteiger partial charge in [-0.05, 0) is 60.9 Å². The van der Waals surface area contributed by atoms with Crippen LogP contribution in [0.15, 0.2) is 109 Å². The molecule has 0 aliphatic heterocycles. The van der Waals surface area contributed by atoms with Gasteiger partial charge in [0.1, 0.15) is 5.69 Å². The van der Waals surface area contributed by atoms with E-state index in [0.717, 1.165) is 62.7 Å². The molecule has 1 aromatic carbocycles. The summed E-state index contributed by atoms with van der Waals surface area (Å²) in [5.74, 6) is 0.725. The number of rotatable bonds is 10. The molecule has 39 heavy (non-hydrogen) atoms. The van der Waals surface area contributed by atoms with Crippen molar-refractivity contribution in [1.29, 1.82) is 0 Å². The highest BCUT2D eigenvalue weighted by molar-refractivity contribution is 7.11. The Morgan fingerprint density at radius 3 is 2.67 bits per heavy atom. The van der Waals surface area contributed by atoms with Gasteiger partial charge in [0, 0.05) is 27.9 Å². The van der Waals surface area contributed by atoms with Crippen molar-refractivity contribution in [3.05, 3.63) is 137 Å². The zero-order valence-electron chi connectivity index (χ0n) is 22.2. The molecule has 0 aliphatic carbocycles. The number of aryl methyl sites for hydroxylation is 2. The fraction of sp³-hybridized carbons (Fsp3) is 0.121. The number of nitrogens with zero attached hydrogens (tertiary/aromatic N) is 3. The monoisotopic (exact) mass is 529 g/mol. The lowest BCUT2D eigenvalue weighted by atomic mass is 9.99. The molecule has 0 atom stereocenters. The smallest absolute Gasteiger partial charge is 0.181 e. The molecule has 0 radical (unpaired) electrons. The number of benzene rings is 1. The lowest BCUT2D eigenvalue weighted by molar-refractivity contribution is 0.966. The highest BCUT2D eigenvalue weighted by Gasteiger charge is 2.18. The summed E-state index contributed by atoms with van der Waals surface area (Å²) in [6.07, 6.45) is 13.8. The molecule has 0 aliphatic rings. The molecule has 6 heteroatoms. The first kappa shape index (κ1) is 26.1. The summed E-state index contributed by atoms with van der Waals surface area (Å²) in [5, 5.41) is 10.6. The van der Waals surface area contributed by atoms with E-state index < -0.39 is 0 Å². The quantitative estimate of drug-likeness (QED) is 0.178. The molecular formula is C33H31N5S. The number of thiophene rings is 1. The van der Waals surface area contributed by atoms with Crippen molar-refractivity contribution in [2.24, 2.45) is 0 Å². The fourth-order valence-corrected chi connectivity index (χ4v) is 5.36. The van der Waals surface area contributed by atoms with Crippen LogP contribution in [0.25, 0.3) is 33.7 Å². The van der Waals surface area contributed by atoms with Gasteiger partial charge in [-0.1, -0.05) is 79.9 Å². The van der Waals surface area contributed by atoms with Crippen LogP contribution in [-0.2, 0) is 6.42 Å². The molecule has 0 fully saturated rings. The van der Waals surface area contributed by atoms with Gasteiger partial charge in [0.15, 0.2) is 11.5 Å². The molecule has 0 saturated carbocycles. The largest absolute Gasteiger partial charge is 0.340 e. The number of allylic oxidation sites excluding steroid dienone is 7. The Morgan fingerprint density at radius 2 is 1.95 bits per heavy atom. The van der Waals surface area contributed by atoms with Crippen molar-refractivity contribution in [3.8, 4) is 11.5 Å². The van der Waals surface area contributed by atoms with Crippen LogP contribution in [0.4, 0.5) is 0 Å². The van der Waals surface area contributed by atoms with Gasteiger partial charge in [-0.2, -0.15) is 5.10 Å². The molecule has 2 N–H and O–H groups in total. The SMILES string of the molecule is C=C/C=C(/c1cccs1)c1nc(-c2[nH]nc3ncc(C(/C=C(\C=C)CCc4ccccc4)=C/C)cc23)[nH]c1C. The number of fused-ring (bicyclic) bond motifs is 1. The molecule has 5 aromatic rings. The van der Waals surface area contributed by atoms with Crippen molar-refractivity contribution in [3.63, 3.8) is 0 Å². The molecule has 4 aromatic heterocycles. The minimum Gasteiger partial charge on any atom is -0.340 e. The molecule has 0 spiro atoms. The van der Waals surface area contributed by atoms with Gasteiger partial charge in [0.2, 0.25) is 0 Å². The summed E-state index contributed by atoms with van der Waals surface area (Å²) in [6, 6.07) is 16.8. The minimum absolute atomic E-state index is 0.650. The number of imidazole rings is 1. The van der Waals surface area contributed by atoms with Gasteiger partial charge in [-0.15, -0.1) is 11.3 Å². The predicted molar refractivity (Wildman–Crippen MR) is 164 cm³/mol. The second-order valence-electron chi connectivity index (χ2n) is 9.20. The molecular weight excluding hydrogens is 498 g/mol. The first-order chi connectivity index (χ1) is 19.1. The van der Waals surface area contributed by atoms with Crippen LogP contribution in [0.1, 0.15) is 40.7 Å². The van der Waals surface area contributed by atoms with E-state index in [9.17, 15) is 0 Å². The highest BCUT2D eigenvalue weighted by Crippen LogP contribution is 2.32. The van der Waals surface area contributed by atoms with Gasteiger partial charge >= 0.3 is 0 Å². The Kier molecular flexibility index (Phi) is 7.94. The van der Waals surface area contributed by atoms with E-state index in [0.29, 0.717) is 5.65 Å². The third-order valence-electron chi connectivity index (χ3n) is 6.65. The summed E-state index contributed by atoms with van der Waals surface area (Å²) in [7, 11) is 0. The van der Waals surface area contributed by atoms with E-state index in [-0.39, 0.29) is 0 Å². The lowest BCUT2D eigenvalue weighted by Crippen LogP contribution is -1.90. The molecule has 194 valence electrons. The topological polar surface area (TPSA) is 70.2 Å². The lowest BCUT2D eigenvalue weighted by Gasteiger charge is -2.07. The number of pyridine rings is 1. The van der Waals surface area contributed by atoms with Crippen molar-refractivity contribution < 1.29 is 0 Å². The van der Waals surface area contributed by atoms with Gasteiger partial charge in [-0.3, -0.25) is 5.10 Å². The van der Waals surface area contributed by atoms with Crippen LogP contribution in [0.3, 0.4) is 0 Å². The Morgan fingerprint density at radius 1 is 1.10 bits per heavy atom. The molecule has 0 amide bonds. The second-order valence-corrected chi connectivity index (χ2v) is 10.1. The second kappa shape index (κ2) is 11.9. The summed E-state index contributed by atoms with van der Waals surface area (Å²) < 4.78 is 0. The van der Waals surface area contributed by atoms with Crippen LogP contribution in [0.2, 0.25) is 0 Å². The third-order valence-corrected chi connectivity index (χ3v) is 7.55. The van der Waals surface area contributed by atoms with Crippen LogP contribution >= 0.6 is 11.3 Å². The molecule has 5 rings (SSSR count). The molecule has 0 saturated heterocycles. The number of hydrogen-bond acceptors (Lipinski definition) is 4. The van der Waals surface area contributed by atoms with Gasteiger partial charge in [-0.25, -0.2) is 9.97 Å². The van der Waals surface area contributed by atoms with Gasteiger partial charge < -0.3 is 4.98 Å². The van der Waals surface area contributed by atoms with Gasteiger partial charge in [0.05, 0.1) is 11.1 Å². The number of aromatic amines is 2. The summed E-state index contributed by atoms with van der Waals surface area (Å²) in [4.78, 5) is 14.2. The Hall–Kier alpha value is -4.55. The van der Waals surface area contributed by atoms with E-state index in [1.54, 1.807) is 17.4 Å². The average Bonchev–Trinajstić information content (AvgIpc) is 3.72. The van der Waals surface area contributed by atoms with Gasteiger partial charge in [0.25, 0.3) is 0 Å². The van der Waals surface area contributed by atoms with E-state index in [2.05, 4.69) is 87.3 Å². The summed E-state index contributed by atoms with van der Waals surface area (Å²) >= 11 is 1.68. The number of nitrogens with one attached hydrogen (secondary N) is 2. The summed E-state index contributed by atoms with van der Waals surface area (Å²) in [6.45, 7) is 12.0. The van der Waals surface area contributed by atoms with E-state index in [4.69, 9.17) is 4.98 Å². The first-order valence-corrected chi connectivity index (χ1v) is 13.8. The number of hydrogen-bond donors (Lipinski definition) is 2. The molecule has 5 nitrogen and oxygen atoms in total. The maximum Gasteiger partial charge on any atom is 0.181 e. The van der Waals surface area contributed by atoms with Crippen LogP contribution in [0.5, 0.6) is 0 Å². The fourth-order valence-electron chi connectivity index (χ4n) is 4.61. The minimum atomic E-state index is 0.650. The van der Waals surface area contributed by atoms with Crippen molar-refractivity contribution in [2.45, 2.75) is 26.7 Å². The normalized spacial score (nSPS) is 12.7. The maximum absolute atomic E-state index is 4.98. The van der Waals surface area contributed by atoms with Crippen molar-refractivity contribution in [1.82, 2.24) is 25.1 Å². The first-order valence-electron chi connectivity index (χ1n) is 12.9. The van der Waals surface area contributed by atoms with Crippen LogP contribution in [0, 0.1) is 6.92 Å². The standard InChI is InChI=1S/C33H31N5S/c1-5-12-27(29-15-11-18-39-29)30-22(4)35-33(36-30)31-28-20-26(21-34-32(28)38-37-31)25(7-3)19-23(6-2)16-17-24-13-9-8-10-14-24/h5-15,18-21H,1-2,16-17H2,3-4H3,(H,35,36)(H,34,37,38)/b23-19+,25-7+,27-12-. The molecule has 4 heterocycles. The van der Waals surface area contributed by atoms with Crippen LogP contribution in [-0.4, -0.2) is 25.1 Å². The Bertz CT molecular complexity index is 1700. The summed E-state index contributed by atoms with van der Waals surface area (Å²) in [5.41, 5.74) is 8.97. The highest BCUT2D eigenvalue weighted by atomic mass is 32.1. The zero-order chi connectivity index (χ0) is 27.2. The number of aromatic nitrogens is 5. The maximum atomic E-state index is 4.98. The van der Waals surface area contributed by atoms with Crippen LogP contribution < -0.4 is 0 Å². The van der Waals surface area contributed by atoms with Crippen molar-refractivity contribution >= 4 is 33.5 Å².